The Hall–Kier alpha value is -1.86. The third kappa shape index (κ3) is 3.26. The topological polar surface area (TPSA) is 62.6 Å². The molecule has 3 rings (SSSR count). The zero-order valence-electron chi connectivity index (χ0n) is 16.8. The molecule has 1 saturated heterocycles. The summed E-state index contributed by atoms with van der Waals surface area (Å²) in [6.07, 6.45) is 3.01. The molecule has 0 spiro atoms. The average Bonchev–Trinajstić information content (AvgIpc) is 2.91. The van der Waals surface area contributed by atoms with Crippen LogP contribution in [0, 0.1) is 6.92 Å². The van der Waals surface area contributed by atoms with Crippen LogP contribution in [0.15, 0.2) is 18.5 Å². The Morgan fingerprint density at radius 2 is 1.77 bits per heavy atom. The summed E-state index contributed by atoms with van der Waals surface area (Å²) >= 11 is 0. The van der Waals surface area contributed by atoms with Crippen LogP contribution in [-0.4, -0.2) is 39.6 Å². The molecule has 6 nitrogen and oxygen atoms in total. The molecular formula is C19H27BN2O4. The highest BCUT2D eigenvalue weighted by molar-refractivity contribution is 6.62. The molecule has 1 fully saturated rings. The van der Waals surface area contributed by atoms with Crippen LogP contribution in [-0.2, 0) is 14.0 Å². The van der Waals surface area contributed by atoms with E-state index >= 15 is 0 Å². The van der Waals surface area contributed by atoms with Crippen molar-refractivity contribution in [1.29, 1.82) is 0 Å². The molecule has 0 bridgehead atoms. The largest absolute Gasteiger partial charge is 0.496 e. The van der Waals surface area contributed by atoms with Crippen molar-refractivity contribution in [3.63, 3.8) is 0 Å². The molecule has 0 aliphatic carbocycles. The van der Waals surface area contributed by atoms with E-state index in [1.54, 1.807) is 12.4 Å². The summed E-state index contributed by atoms with van der Waals surface area (Å²) in [6, 6.07) is 1.97. The fourth-order valence-corrected chi connectivity index (χ4v) is 2.84. The van der Waals surface area contributed by atoms with Gasteiger partial charge in [0.05, 0.1) is 11.2 Å². The molecule has 7 heteroatoms. The lowest BCUT2D eigenvalue weighted by atomic mass is 9.80. The van der Waals surface area contributed by atoms with E-state index in [0.717, 1.165) is 16.4 Å². The molecule has 2 aromatic heterocycles. The number of hydrogen-bond acceptors (Lipinski definition) is 5. The van der Waals surface area contributed by atoms with E-state index in [9.17, 15) is 4.79 Å². The first-order chi connectivity index (χ1) is 11.8. The van der Waals surface area contributed by atoms with Gasteiger partial charge in [-0.25, -0.2) is 14.3 Å². The Morgan fingerprint density at radius 3 is 2.31 bits per heavy atom. The van der Waals surface area contributed by atoms with Gasteiger partial charge in [-0.15, -0.1) is 0 Å². The summed E-state index contributed by atoms with van der Waals surface area (Å²) in [4.78, 5) is 16.9. The molecule has 3 heterocycles. The maximum atomic E-state index is 12.5. The van der Waals surface area contributed by atoms with Gasteiger partial charge in [-0.2, -0.15) is 0 Å². The van der Waals surface area contributed by atoms with Crippen molar-refractivity contribution in [1.82, 2.24) is 9.55 Å². The zero-order valence-corrected chi connectivity index (χ0v) is 16.8. The number of nitrogens with zero attached hydrogens (tertiary/aromatic N) is 2. The third-order valence-electron chi connectivity index (χ3n) is 4.98. The fraction of sp³-hybridized carbons (Fsp3) is 0.579. The standard InChI is InChI=1S/C19H27BN2O4/c1-12-11-22(16(23)24-17(2,3)4)15-14(12)9-13(10-21-15)20-25-18(5,6)19(7,8)26-20/h9-11H,1-8H3. The van der Waals surface area contributed by atoms with Gasteiger partial charge in [0.25, 0.3) is 0 Å². The Labute approximate surface area is 155 Å². The number of carbonyl (C=O) groups excluding carboxylic acids is 1. The lowest BCUT2D eigenvalue weighted by Gasteiger charge is -2.32. The van der Waals surface area contributed by atoms with Crippen molar-refractivity contribution in [2.75, 3.05) is 0 Å². The number of aryl methyl sites for hydroxylation is 1. The molecular weight excluding hydrogens is 331 g/mol. The van der Waals surface area contributed by atoms with E-state index < -0.39 is 30.0 Å². The second kappa shape index (κ2) is 5.82. The first-order valence-corrected chi connectivity index (χ1v) is 8.87. The number of fused-ring (bicyclic) bond motifs is 1. The molecule has 0 saturated carbocycles. The van der Waals surface area contributed by atoms with Gasteiger partial charge in [0.15, 0.2) is 0 Å². The van der Waals surface area contributed by atoms with E-state index in [4.69, 9.17) is 14.0 Å². The smallest absolute Gasteiger partial charge is 0.443 e. The number of hydrogen-bond donors (Lipinski definition) is 0. The van der Waals surface area contributed by atoms with Crippen LogP contribution in [0.4, 0.5) is 4.79 Å². The van der Waals surface area contributed by atoms with Crippen molar-refractivity contribution < 1.29 is 18.8 Å². The van der Waals surface area contributed by atoms with Gasteiger partial charge in [0.2, 0.25) is 0 Å². The summed E-state index contributed by atoms with van der Waals surface area (Å²) < 4.78 is 19.1. The third-order valence-corrected chi connectivity index (χ3v) is 4.98. The highest BCUT2D eigenvalue weighted by Crippen LogP contribution is 2.36. The first-order valence-electron chi connectivity index (χ1n) is 8.87. The van der Waals surface area contributed by atoms with Crippen LogP contribution in [0.2, 0.25) is 0 Å². The lowest BCUT2D eigenvalue weighted by Crippen LogP contribution is -2.41. The predicted molar refractivity (Wildman–Crippen MR) is 102 cm³/mol. The SMILES string of the molecule is Cc1cn(C(=O)OC(C)(C)C)c2ncc(B3OC(C)(C)C(C)(C)O3)cc12. The van der Waals surface area contributed by atoms with Crippen molar-refractivity contribution in [2.24, 2.45) is 0 Å². The zero-order chi connectivity index (χ0) is 19.5. The number of pyridine rings is 1. The molecule has 1 aliphatic heterocycles. The molecule has 0 aromatic carbocycles. The summed E-state index contributed by atoms with van der Waals surface area (Å²) in [7, 11) is -0.485. The van der Waals surface area contributed by atoms with Crippen molar-refractivity contribution >= 4 is 29.7 Å². The second-order valence-corrected chi connectivity index (χ2v) is 8.89. The molecule has 2 aromatic rings. The maximum absolute atomic E-state index is 12.5. The van der Waals surface area contributed by atoms with Crippen molar-refractivity contribution in [3.05, 3.63) is 24.0 Å². The minimum atomic E-state index is -0.565. The van der Waals surface area contributed by atoms with E-state index in [-0.39, 0.29) is 0 Å². The second-order valence-electron chi connectivity index (χ2n) is 8.89. The van der Waals surface area contributed by atoms with Gasteiger partial charge in [-0.1, -0.05) is 0 Å². The van der Waals surface area contributed by atoms with Crippen molar-refractivity contribution in [2.45, 2.75) is 72.2 Å². The Morgan fingerprint density at radius 1 is 1.19 bits per heavy atom. The molecule has 1 aliphatic rings. The summed E-state index contributed by atoms with van der Waals surface area (Å²) in [5, 5.41) is 0.878. The minimum absolute atomic E-state index is 0.413. The van der Waals surface area contributed by atoms with Gasteiger partial charge < -0.3 is 14.0 Å². The van der Waals surface area contributed by atoms with Gasteiger partial charge >= 0.3 is 13.2 Å². The minimum Gasteiger partial charge on any atom is -0.443 e. The van der Waals surface area contributed by atoms with E-state index in [1.807, 2.05) is 61.5 Å². The lowest BCUT2D eigenvalue weighted by molar-refractivity contribution is 0.00578. The van der Waals surface area contributed by atoms with Crippen LogP contribution < -0.4 is 5.46 Å². The average molecular weight is 358 g/mol. The number of aromatic nitrogens is 2. The Kier molecular flexibility index (Phi) is 4.24. The van der Waals surface area contributed by atoms with Gasteiger partial charge in [0.1, 0.15) is 11.2 Å². The van der Waals surface area contributed by atoms with Crippen LogP contribution in [0.5, 0.6) is 0 Å². The molecule has 0 radical (unpaired) electrons. The molecule has 140 valence electrons. The Balaban J connectivity index is 1.96. The molecule has 0 N–H and O–H groups in total. The predicted octanol–water partition coefficient (Wildman–Crippen LogP) is 3.43. The molecule has 0 atom stereocenters. The fourth-order valence-electron chi connectivity index (χ4n) is 2.84. The first kappa shape index (κ1) is 18.9. The normalized spacial score (nSPS) is 19.2. The van der Waals surface area contributed by atoms with E-state index in [0.29, 0.717) is 5.65 Å². The quantitative estimate of drug-likeness (QED) is 0.731. The number of rotatable bonds is 1. The van der Waals surface area contributed by atoms with Crippen LogP contribution in [0.25, 0.3) is 11.0 Å². The molecule has 0 amide bonds. The highest BCUT2D eigenvalue weighted by Gasteiger charge is 2.51. The van der Waals surface area contributed by atoms with Crippen LogP contribution in [0.3, 0.4) is 0 Å². The van der Waals surface area contributed by atoms with E-state index in [2.05, 4.69) is 4.98 Å². The molecule has 0 unspecified atom stereocenters. The van der Waals surface area contributed by atoms with Gasteiger partial charge in [0, 0.05) is 23.2 Å². The van der Waals surface area contributed by atoms with Gasteiger partial charge in [-0.3, -0.25) is 0 Å². The highest BCUT2D eigenvalue weighted by atomic mass is 16.7. The number of ether oxygens (including phenoxy) is 1. The summed E-state index contributed by atoms with van der Waals surface area (Å²) in [5.74, 6) is 0. The Bertz CT molecular complexity index is 848. The summed E-state index contributed by atoms with van der Waals surface area (Å²) in [6.45, 7) is 15.5. The molecule has 26 heavy (non-hydrogen) atoms. The monoisotopic (exact) mass is 358 g/mol. The van der Waals surface area contributed by atoms with Crippen LogP contribution in [0.1, 0.15) is 54.0 Å². The van der Waals surface area contributed by atoms with E-state index in [1.165, 1.54) is 4.57 Å². The van der Waals surface area contributed by atoms with Gasteiger partial charge in [-0.05, 0) is 67.0 Å². The van der Waals surface area contributed by atoms with Crippen molar-refractivity contribution in [3.8, 4) is 0 Å². The summed E-state index contributed by atoms with van der Waals surface area (Å²) in [5.41, 5.74) is 0.952. The number of carbonyl (C=O) groups is 1. The van der Waals surface area contributed by atoms with Crippen LogP contribution >= 0.6 is 0 Å². The maximum Gasteiger partial charge on any atom is 0.496 e.